The maximum absolute atomic E-state index is 13.1. The molecule has 2 saturated carbocycles. The number of hydrogen-bond donors (Lipinski definition) is 2. The summed E-state index contributed by atoms with van der Waals surface area (Å²) >= 11 is 0. The van der Waals surface area contributed by atoms with Crippen LogP contribution in [0.3, 0.4) is 0 Å². The van der Waals surface area contributed by atoms with Crippen LogP contribution in [0.4, 0.5) is 5.69 Å². The van der Waals surface area contributed by atoms with E-state index >= 15 is 0 Å². The first-order valence-corrected chi connectivity index (χ1v) is 14.0. The minimum atomic E-state index is -3.65. The van der Waals surface area contributed by atoms with Crippen LogP contribution in [-0.2, 0) is 33.1 Å². The van der Waals surface area contributed by atoms with E-state index in [4.69, 9.17) is 0 Å². The van der Waals surface area contributed by atoms with Crippen molar-refractivity contribution >= 4 is 21.6 Å². The highest BCUT2D eigenvalue weighted by Gasteiger charge is 2.51. The van der Waals surface area contributed by atoms with Gasteiger partial charge in [0.2, 0.25) is 5.91 Å². The summed E-state index contributed by atoms with van der Waals surface area (Å²) in [4.78, 5) is 13.4. The molecule has 33 heavy (non-hydrogen) atoms. The van der Waals surface area contributed by atoms with E-state index < -0.39 is 15.4 Å². The molecule has 2 aromatic carbocycles. The van der Waals surface area contributed by atoms with E-state index in [1.165, 1.54) is 37.7 Å². The molecule has 2 fully saturated rings. The van der Waals surface area contributed by atoms with Crippen molar-refractivity contribution in [1.82, 2.24) is 5.32 Å². The molecule has 2 N–H and O–H groups in total. The number of anilines is 1. The Kier molecular flexibility index (Phi) is 6.21. The summed E-state index contributed by atoms with van der Waals surface area (Å²) in [5.74, 6) is 0.136. The lowest BCUT2D eigenvalue weighted by molar-refractivity contribution is -0.124. The minimum absolute atomic E-state index is 0.136. The van der Waals surface area contributed by atoms with E-state index in [0.29, 0.717) is 16.6 Å². The molecule has 0 heterocycles. The Morgan fingerprint density at radius 1 is 0.818 bits per heavy atom. The Balaban J connectivity index is 1.27. The van der Waals surface area contributed by atoms with Crippen LogP contribution >= 0.6 is 0 Å². The molecule has 5 nitrogen and oxygen atoms in total. The molecule has 3 aliphatic carbocycles. The molecule has 2 aromatic rings. The lowest BCUT2D eigenvalue weighted by Crippen LogP contribution is -2.41. The third-order valence-corrected chi connectivity index (χ3v) is 9.07. The van der Waals surface area contributed by atoms with Crippen molar-refractivity contribution in [1.29, 1.82) is 0 Å². The van der Waals surface area contributed by atoms with Gasteiger partial charge in [0.15, 0.2) is 0 Å². The number of hydrogen-bond acceptors (Lipinski definition) is 3. The Labute approximate surface area is 197 Å². The van der Waals surface area contributed by atoms with Crippen molar-refractivity contribution in [3.63, 3.8) is 0 Å². The molecule has 0 aromatic heterocycles. The average molecular weight is 467 g/mol. The zero-order valence-corrected chi connectivity index (χ0v) is 20.1. The fourth-order valence-corrected chi connectivity index (χ4v) is 6.58. The summed E-state index contributed by atoms with van der Waals surface area (Å²) in [5.41, 5.74) is 3.47. The zero-order valence-electron chi connectivity index (χ0n) is 19.2. The number of carbonyl (C=O) groups excluding carboxylic acids is 1. The van der Waals surface area contributed by atoms with Gasteiger partial charge in [-0.25, -0.2) is 8.42 Å². The summed E-state index contributed by atoms with van der Waals surface area (Å²) in [6.07, 6.45) is 13.0. The maximum atomic E-state index is 13.1. The van der Waals surface area contributed by atoms with Crippen molar-refractivity contribution in [2.45, 2.75) is 93.4 Å². The predicted octanol–water partition coefficient (Wildman–Crippen LogP) is 5.24. The highest BCUT2D eigenvalue weighted by molar-refractivity contribution is 7.92. The lowest BCUT2D eigenvalue weighted by atomic mass is 9.92. The third kappa shape index (κ3) is 4.81. The molecule has 0 bridgehead atoms. The van der Waals surface area contributed by atoms with Gasteiger partial charge in [-0.3, -0.25) is 9.52 Å². The molecule has 176 valence electrons. The second-order valence-electron chi connectivity index (χ2n) is 10.1. The SMILES string of the molecule is O=C(NC1CCCCCC1)C1(c2ccc(NS(=O)(=O)c3ccc4c(c3)CCCC4)cc2)CC1. The quantitative estimate of drug-likeness (QED) is 0.572. The van der Waals surface area contributed by atoms with Crippen LogP contribution in [0.25, 0.3) is 0 Å². The number of carbonyl (C=O) groups is 1. The van der Waals surface area contributed by atoms with Crippen LogP contribution < -0.4 is 10.0 Å². The van der Waals surface area contributed by atoms with Gasteiger partial charge in [-0.1, -0.05) is 43.9 Å². The van der Waals surface area contributed by atoms with Crippen LogP contribution in [0.5, 0.6) is 0 Å². The lowest BCUT2D eigenvalue weighted by Gasteiger charge is -2.22. The normalized spacial score (nSPS) is 20.4. The molecule has 5 rings (SSSR count). The van der Waals surface area contributed by atoms with Crippen LogP contribution in [0.2, 0.25) is 0 Å². The Morgan fingerprint density at radius 2 is 1.48 bits per heavy atom. The summed E-state index contributed by atoms with van der Waals surface area (Å²) in [6, 6.07) is 13.2. The van der Waals surface area contributed by atoms with Crippen LogP contribution in [0.15, 0.2) is 47.4 Å². The van der Waals surface area contributed by atoms with E-state index in [0.717, 1.165) is 56.1 Å². The van der Waals surface area contributed by atoms with Gasteiger partial charge >= 0.3 is 0 Å². The van der Waals surface area contributed by atoms with Crippen LogP contribution in [-0.4, -0.2) is 20.4 Å². The molecule has 1 amide bonds. The molecule has 0 spiro atoms. The maximum Gasteiger partial charge on any atom is 0.261 e. The first-order valence-electron chi connectivity index (χ1n) is 12.5. The van der Waals surface area contributed by atoms with Gasteiger partial charge in [0.25, 0.3) is 10.0 Å². The van der Waals surface area contributed by atoms with E-state index in [9.17, 15) is 13.2 Å². The first-order chi connectivity index (χ1) is 16.0. The monoisotopic (exact) mass is 466 g/mol. The molecule has 0 unspecified atom stereocenters. The van der Waals surface area contributed by atoms with Crippen molar-refractivity contribution in [2.24, 2.45) is 0 Å². The number of benzene rings is 2. The van der Waals surface area contributed by atoms with Gasteiger partial charge in [0.05, 0.1) is 10.3 Å². The molecule has 0 radical (unpaired) electrons. The average Bonchev–Trinajstić information content (AvgIpc) is 3.65. The number of rotatable bonds is 6. The van der Waals surface area contributed by atoms with Crippen LogP contribution in [0, 0.1) is 0 Å². The summed E-state index contributed by atoms with van der Waals surface area (Å²) in [5, 5.41) is 3.31. The molecule has 6 heteroatoms. The number of sulfonamides is 1. The van der Waals surface area contributed by atoms with Crippen molar-refractivity contribution < 1.29 is 13.2 Å². The number of fused-ring (bicyclic) bond motifs is 1. The van der Waals surface area contributed by atoms with Gasteiger partial charge in [0, 0.05) is 11.7 Å². The van der Waals surface area contributed by atoms with Gasteiger partial charge in [-0.05, 0) is 92.3 Å². The second-order valence-corrected chi connectivity index (χ2v) is 11.7. The fourth-order valence-electron chi connectivity index (χ4n) is 5.47. The molecule has 0 saturated heterocycles. The van der Waals surface area contributed by atoms with Crippen LogP contribution in [0.1, 0.15) is 80.9 Å². The molecular weight excluding hydrogens is 432 g/mol. The smallest absolute Gasteiger partial charge is 0.261 e. The number of aryl methyl sites for hydroxylation is 2. The Hall–Kier alpha value is -2.34. The van der Waals surface area contributed by atoms with Crippen molar-refractivity contribution in [3.8, 4) is 0 Å². The van der Waals surface area contributed by atoms with Gasteiger partial charge in [-0.15, -0.1) is 0 Å². The minimum Gasteiger partial charge on any atom is -0.353 e. The Bertz CT molecular complexity index is 1110. The predicted molar refractivity (Wildman–Crippen MR) is 131 cm³/mol. The van der Waals surface area contributed by atoms with E-state index in [-0.39, 0.29) is 5.91 Å². The van der Waals surface area contributed by atoms with Gasteiger partial charge < -0.3 is 5.32 Å². The third-order valence-electron chi connectivity index (χ3n) is 7.69. The largest absolute Gasteiger partial charge is 0.353 e. The molecule has 0 aliphatic heterocycles. The standard InChI is InChI=1S/C27H34N2O3S/c30-26(28-23-9-3-1-2-4-10-23)27(17-18-27)22-12-14-24(15-13-22)29-33(31,32)25-16-11-20-7-5-6-8-21(20)19-25/h11-16,19,23,29H,1-10,17-18H2,(H,28,30). The zero-order chi connectivity index (χ0) is 22.9. The molecular formula is C27H34N2O3S. The van der Waals surface area contributed by atoms with E-state index in [1.807, 2.05) is 24.3 Å². The first kappa shape index (κ1) is 22.5. The Morgan fingerprint density at radius 3 is 2.15 bits per heavy atom. The van der Waals surface area contributed by atoms with Gasteiger partial charge in [0.1, 0.15) is 0 Å². The highest BCUT2D eigenvalue weighted by Crippen LogP contribution is 2.49. The number of amides is 1. The van der Waals surface area contributed by atoms with Crippen molar-refractivity contribution in [3.05, 3.63) is 59.2 Å². The number of nitrogens with one attached hydrogen (secondary N) is 2. The highest BCUT2D eigenvalue weighted by atomic mass is 32.2. The fraction of sp³-hybridized carbons (Fsp3) is 0.519. The molecule has 0 atom stereocenters. The molecule has 3 aliphatic rings. The summed E-state index contributed by atoms with van der Waals surface area (Å²) in [7, 11) is -3.65. The van der Waals surface area contributed by atoms with E-state index in [1.54, 1.807) is 18.2 Å². The summed E-state index contributed by atoms with van der Waals surface area (Å²) < 4.78 is 28.6. The van der Waals surface area contributed by atoms with Gasteiger partial charge in [-0.2, -0.15) is 0 Å². The second kappa shape index (κ2) is 9.13. The topological polar surface area (TPSA) is 75.3 Å². The van der Waals surface area contributed by atoms with Crippen molar-refractivity contribution in [2.75, 3.05) is 4.72 Å². The van der Waals surface area contributed by atoms with E-state index in [2.05, 4.69) is 10.0 Å². The summed E-state index contributed by atoms with van der Waals surface area (Å²) in [6.45, 7) is 0.